The van der Waals surface area contributed by atoms with Gasteiger partial charge in [-0.05, 0) is 6.42 Å². The second-order valence-electron chi connectivity index (χ2n) is 3.86. The fraction of sp³-hybridized carbons (Fsp3) is 0.462. The maximum Gasteiger partial charge on any atom is 0.309 e. The summed E-state index contributed by atoms with van der Waals surface area (Å²) in [6.45, 7) is 1.94. The van der Waals surface area contributed by atoms with Crippen LogP contribution in [0.5, 0.6) is 0 Å². The Bertz CT molecular complexity index is 333. The molecule has 0 heterocycles. The van der Waals surface area contributed by atoms with Gasteiger partial charge in [-0.25, -0.2) is 0 Å². The lowest BCUT2D eigenvalue weighted by Crippen LogP contribution is -2.28. The first-order valence-corrected chi connectivity index (χ1v) is 5.55. The molecule has 0 aliphatic rings. The van der Waals surface area contributed by atoms with Gasteiger partial charge in [0.15, 0.2) is 0 Å². The zero-order valence-electron chi connectivity index (χ0n) is 9.38. The second-order valence-corrected chi connectivity index (χ2v) is 3.86. The van der Waals surface area contributed by atoms with Crippen molar-refractivity contribution in [2.75, 3.05) is 0 Å². The summed E-state index contributed by atoms with van der Waals surface area (Å²) in [4.78, 5) is 11.5. The molecule has 1 aromatic carbocycles. The zero-order valence-corrected chi connectivity index (χ0v) is 9.38. The van der Waals surface area contributed by atoms with Gasteiger partial charge in [0.05, 0.1) is 0 Å². The molecule has 0 aliphatic carbocycles. The van der Waals surface area contributed by atoms with Crippen LogP contribution < -0.4 is 0 Å². The van der Waals surface area contributed by atoms with E-state index in [0.717, 1.165) is 12.8 Å². The molecule has 1 rings (SSSR count). The third-order valence-corrected chi connectivity index (χ3v) is 2.46. The topological polar surface area (TPSA) is 17.1 Å². The van der Waals surface area contributed by atoms with Crippen LogP contribution in [-0.4, -0.2) is 11.7 Å². The van der Waals surface area contributed by atoms with Crippen molar-refractivity contribution < 1.29 is 13.6 Å². The molecule has 0 aromatic heterocycles. The Kier molecular flexibility index (Phi) is 4.59. The number of alkyl halides is 2. The van der Waals surface area contributed by atoms with E-state index < -0.39 is 11.7 Å². The Hall–Kier alpha value is -1.25. The van der Waals surface area contributed by atoms with Crippen molar-refractivity contribution >= 4 is 5.78 Å². The van der Waals surface area contributed by atoms with E-state index in [0.29, 0.717) is 6.42 Å². The number of hydrogen-bond acceptors (Lipinski definition) is 1. The number of ketones is 1. The quantitative estimate of drug-likeness (QED) is 0.527. The summed E-state index contributed by atoms with van der Waals surface area (Å²) in [5.74, 6) is -4.29. The molecule has 0 amide bonds. The molecule has 0 radical (unpaired) electrons. The van der Waals surface area contributed by atoms with E-state index in [4.69, 9.17) is 0 Å². The predicted molar refractivity (Wildman–Crippen MR) is 59.9 cm³/mol. The van der Waals surface area contributed by atoms with Crippen molar-refractivity contribution in [1.29, 1.82) is 0 Å². The Morgan fingerprint density at radius 3 is 2.38 bits per heavy atom. The third-order valence-electron chi connectivity index (χ3n) is 2.46. The van der Waals surface area contributed by atoms with E-state index in [1.807, 2.05) is 6.92 Å². The largest absolute Gasteiger partial charge is 0.309 e. The average Bonchev–Trinajstić information content (AvgIpc) is 2.29. The Balaban J connectivity index is 2.65. The fourth-order valence-electron chi connectivity index (χ4n) is 1.51. The molecule has 0 aliphatic heterocycles. The molecule has 0 atom stereocenters. The van der Waals surface area contributed by atoms with Crippen LogP contribution in [0.4, 0.5) is 8.78 Å². The van der Waals surface area contributed by atoms with E-state index in [2.05, 4.69) is 0 Å². The molecule has 88 valence electrons. The lowest BCUT2D eigenvalue weighted by atomic mass is 10.0. The number of carbonyl (C=O) groups excluding carboxylic acids is 1. The van der Waals surface area contributed by atoms with Crippen LogP contribution in [0, 0.1) is 0 Å². The molecule has 1 aromatic rings. The number of rotatable bonds is 6. The van der Waals surface area contributed by atoms with Gasteiger partial charge in [0, 0.05) is 12.0 Å². The molecule has 16 heavy (non-hydrogen) atoms. The average molecular weight is 226 g/mol. The van der Waals surface area contributed by atoms with Crippen molar-refractivity contribution in [3.8, 4) is 0 Å². The van der Waals surface area contributed by atoms with E-state index in [1.165, 1.54) is 12.1 Å². The second kappa shape index (κ2) is 5.73. The maximum atomic E-state index is 13.5. The van der Waals surface area contributed by atoms with Crippen molar-refractivity contribution in [2.24, 2.45) is 0 Å². The highest BCUT2D eigenvalue weighted by molar-refractivity contribution is 6.01. The van der Waals surface area contributed by atoms with Gasteiger partial charge in [-0.15, -0.1) is 0 Å². The number of benzene rings is 1. The molecule has 1 nitrogen and oxygen atoms in total. The van der Waals surface area contributed by atoms with Gasteiger partial charge in [0.1, 0.15) is 0 Å². The van der Waals surface area contributed by atoms with Crippen LogP contribution in [0.3, 0.4) is 0 Å². The Labute approximate surface area is 94.5 Å². The molecule has 0 bridgehead atoms. The molecule has 0 spiro atoms. The van der Waals surface area contributed by atoms with Gasteiger partial charge in [0.25, 0.3) is 0 Å². The lowest BCUT2D eigenvalue weighted by Gasteiger charge is -2.14. The molecular formula is C13H16F2O. The van der Waals surface area contributed by atoms with Crippen LogP contribution in [-0.2, 0) is 0 Å². The van der Waals surface area contributed by atoms with Crippen molar-refractivity contribution in [3.05, 3.63) is 35.9 Å². The highest BCUT2D eigenvalue weighted by Crippen LogP contribution is 2.26. The van der Waals surface area contributed by atoms with Crippen LogP contribution in [0.15, 0.2) is 30.3 Å². The molecule has 0 saturated carbocycles. The Morgan fingerprint density at radius 1 is 1.19 bits per heavy atom. The molecular weight excluding hydrogens is 210 g/mol. The van der Waals surface area contributed by atoms with Gasteiger partial charge in [0.2, 0.25) is 5.78 Å². The van der Waals surface area contributed by atoms with Crippen LogP contribution in [0.2, 0.25) is 0 Å². The van der Waals surface area contributed by atoms with Crippen LogP contribution in [0.1, 0.15) is 43.0 Å². The standard InChI is InChI=1S/C13H16F2O/c1-2-3-7-10-13(14,15)12(16)11-8-5-4-6-9-11/h4-6,8-9H,2-3,7,10H2,1H3. The van der Waals surface area contributed by atoms with E-state index in [9.17, 15) is 13.6 Å². The minimum Gasteiger partial charge on any atom is -0.287 e. The minimum absolute atomic E-state index is 0.0870. The SMILES string of the molecule is CCCCCC(F)(F)C(=O)c1ccccc1. The highest BCUT2D eigenvalue weighted by Gasteiger charge is 2.38. The normalized spacial score (nSPS) is 11.4. The van der Waals surface area contributed by atoms with Crippen molar-refractivity contribution in [2.45, 2.75) is 38.5 Å². The number of unbranched alkanes of at least 4 members (excludes halogenated alkanes) is 2. The monoisotopic (exact) mass is 226 g/mol. The van der Waals surface area contributed by atoms with Gasteiger partial charge >= 0.3 is 5.92 Å². The highest BCUT2D eigenvalue weighted by atomic mass is 19.3. The number of carbonyl (C=O) groups is 1. The summed E-state index contributed by atoms with van der Waals surface area (Å²) in [6, 6.07) is 7.74. The first-order valence-electron chi connectivity index (χ1n) is 5.55. The Morgan fingerprint density at radius 2 is 1.81 bits per heavy atom. The number of halogens is 2. The van der Waals surface area contributed by atoms with Gasteiger partial charge in [-0.1, -0.05) is 50.1 Å². The summed E-state index contributed by atoms with van der Waals surface area (Å²) < 4.78 is 27.0. The van der Waals surface area contributed by atoms with Crippen LogP contribution in [0.25, 0.3) is 0 Å². The fourth-order valence-corrected chi connectivity index (χ4v) is 1.51. The van der Waals surface area contributed by atoms with E-state index in [1.54, 1.807) is 18.2 Å². The summed E-state index contributed by atoms with van der Waals surface area (Å²) >= 11 is 0. The van der Waals surface area contributed by atoms with Crippen molar-refractivity contribution in [3.63, 3.8) is 0 Å². The molecule has 0 saturated heterocycles. The van der Waals surface area contributed by atoms with E-state index in [-0.39, 0.29) is 12.0 Å². The number of hydrogen-bond donors (Lipinski definition) is 0. The molecule has 0 unspecified atom stereocenters. The summed E-state index contributed by atoms with van der Waals surface area (Å²) in [6.07, 6.45) is 1.64. The predicted octanol–water partition coefficient (Wildman–Crippen LogP) is 4.08. The number of Topliss-reactive ketones (excluding diaryl/α,β-unsaturated/α-hetero) is 1. The third kappa shape index (κ3) is 3.40. The smallest absolute Gasteiger partial charge is 0.287 e. The van der Waals surface area contributed by atoms with Gasteiger partial charge in [-0.3, -0.25) is 4.79 Å². The van der Waals surface area contributed by atoms with Gasteiger partial charge in [-0.2, -0.15) is 8.78 Å². The lowest BCUT2D eigenvalue weighted by molar-refractivity contribution is 0.00344. The van der Waals surface area contributed by atoms with Crippen molar-refractivity contribution in [1.82, 2.24) is 0 Å². The maximum absolute atomic E-state index is 13.5. The van der Waals surface area contributed by atoms with E-state index >= 15 is 0 Å². The van der Waals surface area contributed by atoms with Gasteiger partial charge < -0.3 is 0 Å². The molecule has 3 heteroatoms. The molecule has 0 N–H and O–H groups in total. The zero-order chi connectivity index (χ0) is 12.0. The first-order chi connectivity index (χ1) is 7.58. The summed E-state index contributed by atoms with van der Waals surface area (Å²) in [5.41, 5.74) is 0.0870. The minimum atomic E-state index is -3.23. The first kappa shape index (κ1) is 12.8. The van der Waals surface area contributed by atoms with Crippen LogP contribution >= 0.6 is 0 Å². The summed E-state index contributed by atoms with van der Waals surface area (Å²) in [7, 11) is 0. The molecule has 0 fully saturated rings. The summed E-state index contributed by atoms with van der Waals surface area (Å²) in [5, 5.41) is 0.